The van der Waals surface area contributed by atoms with E-state index >= 15 is 0 Å². The second-order valence-corrected chi connectivity index (χ2v) is 6.10. The minimum absolute atomic E-state index is 0.225. The predicted octanol–water partition coefficient (Wildman–Crippen LogP) is 5.34. The molecule has 0 amide bonds. The summed E-state index contributed by atoms with van der Waals surface area (Å²) in [5, 5.41) is 11.4. The Morgan fingerprint density at radius 2 is 1.40 bits per heavy atom. The molecule has 25 heavy (non-hydrogen) atoms. The van der Waals surface area contributed by atoms with Gasteiger partial charge in [-0.15, -0.1) is 0 Å². The highest BCUT2D eigenvalue weighted by atomic mass is 35.5. The lowest BCUT2D eigenvalue weighted by atomic mass is 9.92. The Balaban J connectivity index is 2.04. The Hall–Kier alpha value is -2.68. The van der Waals surface area contributed by atoms with Gasteiger partial charge in [0.2, 0.25) is 0 Å². The molecule has 0 bridgehead atoms. The molecule has 0 aliphatic rings. The maximum atomic E-state index is 13.0. The van der Waals surface area contributed by atoms with Crippen LogP contribution in [0.3, 0.4) is 0 Å². The van der Waals surface area contributed by atoms with Gasteiger partial charge in [0.25, 0.3) is 0 Å². The van der Waals surface area contributed by atoms with E-state index in [1.807, 2.05) is 48.5 Å². The van der Waals surface area contributed by atoms with E-state index in [1.165, 1.54) is 0 Å². The van der Waals surface area contributed by atoms with Crippen LogP contribution in [0.2, 0.25) is 5.02 Å². The molecule has 0 radical (unpaired) electrons. The first kappa shape index (κ1) is 17.2. The summed E-state index contributed by atoms with van der Waals surface area (Å²) in [6, 6.07) is 25.3. The lowest BCUT2D eigenvalue weighted by molar-refractivity contribution is 0.0989. The molecule has 0 fully saturated rings. The van der Waals surface area contributed by atoms with Crippen LogP contribution in [0.25, 0.3) is 6.08 Å². The number of benzene rings is 3. The fraction of sp³-hybridized carbons (Fsp3) is 0.0455. The second-order valence-electron chi connectivity index (χ2n) is 5.66. The molecule has 0 heterocycles. The van der Waals surface area contributed by atoms with Crippen molar-refractivity contribution in [2.24, 2.45) is 0 Å². The van der Waals surface area contributed by atoms with Gasteiger partial charge in [-0.05, 0) is 41.5 Å². The van der Waals surface area contributed by atoms with Crippen molar-refractivity contribution in [2.75, 3.05) is 0 Å². The van der Waals surface area contributed by atoms with Gasteiger partial charge < -0.3 is 5.11 Å². The van der Waals surface area contributed by atoms with Gasteiger partial charge in [-0.1, -0.05) is 72.3 Å². The Bertz CT molecular complexity index is 869. The molecule has 0 aromatic heterocycles. The van der Waals surface area contributed by atoms with Crippen molar-refractivity contribution in [3.8, 4) is 0 Å². The summed E-state index contributed by atoms with van der Waals surface area (Å²) >= 11 is 5.91. The number of carbonyl (C=O) groups excluding carboxylic acids is 1. The van der Waals surface area contributed by atoms with E-state index in [-0.39, 0.29) is 5.78 Å². The van der Waals surface area contributed by atoms with Crippen molar-refractivity contribution in [3.63, 3.8) is 0 Å². The van der Waals surface area contributed by atoms with Crippen molar-refractivity contribution in [1.29, 1.82) is 0 Å². The van der Waals surface area contributed by atoms with E-state index in [9.17, 15) is 9.90 Å². The third-order valence-electron chi connectivity index (χ3n) is 3.90. The fourth-order valence-corrected chi connectivity index (χ4v) is 2.71. The number of rotatable bonds is 5. The Labute approximate surface area is 152 Å². The van der Waals surface area contributed by atoms with Crippen molar-refractivity contribution >= 4 is 23.5 Å². The maximum absolute atomic E-state index is 13.0. The van der Waals surface area contributed by atoms with Gasteiger partial charge in [-0.3, -0.25) is 4.79 Å². The molecule has 3 rings (SSSR count). The van der Waals surface area contributed by atoms with Gasteiger partial charge in [0.05, 0.1) is 0 Å². The molecular weight excluding hydrogens is 332 g/mol. The van der Waals surface area contributed by atoms with Crippen LogP contribution in [0.5, 0.6) is 0 Å². The van der Waals surface area contributed by atoms with Crippen LogP contribution in [0.1, 0.15) is 27.6 Å². The number of ketones is 1. The largest absolute Gasteiger partial charge is 0.384 e. The predicted molar refractivity (Wildman–Crippen MR) is 102 cm³/mol. The molecule has 1 unspecified atom stereocenters. The van der Waals surface area contributed by atoms with Crippen LogP contribution in [-0.2, 0) is 0 Å². The van der Waals surface area contributed by atoms with E-state index in [4.69, 9.17) is 11.6 Å². The van der Waals surface area contributed by atoms with Crippen molar-refractivity contribution in [2.45, 2.75) is 6.10 Å². The zero-order chi connectivity index (χ0) is 17.6. The number of carbonyl (C=O) groups is 1. The second kappa shape index (κ2) is 7.93. The van der Waals surface area contributed by atoms with Gasteiger partial charge >= 0.3 is 0 Å². The Morgan fingerprint density at radius 3 is 2.00 bits per heavy atom. The smallest absolute Gasteiger partial charge is 0.191 e. The molecular formula is C22H17ClO2. The molecule has 3 aromatic rings. The minimum atomic E-state index is -1.01. The first-order valence-corrected chi connectivity index (χ1v) is 8.33. The molecule has 0 saturated carbocycles. The van der Waals surface area contributed by atoms with Crippen LogP contribution in [0, 0.1) is 0 Å². The zero-order valence-corrected chi connectivity index (χ0v) is 14.2. The van der Waals surface area contributed by atoms with Crippen LogP contribution in [0.4, 0.5) is 0 Å². The van der Waals surface area contributed by atoms with E-state index in [0.717, 1.165) is 5.56 Å². The molecule has 1 N–H and O–H groups in total. The van der Waals surface area contributed by atoms with Crippen molar-refractivity contribution in [1.82, 2.24) is 0 Å². The van der Waals surface area contributed by atoms with E-state index in [0.29, 0.717) is 21.7 Å². The standard InChI is InChI=1S/C22H17ClO2/c23-19-13-11-18(12-14-19)22(25)20(15-16-7-3-1-4-8-16)21(24)17-9-5-2-6-10-17/h1-15,21,24H/b20-15-. The summed E-state index contributed by atoms with van der Waals surface area (Å²) in [6.07, 6.45) is 0.721. The van der Waals surface area contributed by atoms with Gasteiger partial charge in [0.1, 0.15) is 6.10 Å². The quantitative estimate of drug-likeness (QED) is 0.499. The number of hydrogen-bond donors (Lipinski definition) is 1. The highest BCUT2D eigenvalue weighted by Gasteiger charge is 2.21. The summed E-state index contributed by atoms with van der Waals surface area (Å²) < 4.78 is 0. The highest BCUT2D eigenvalue weighted by Crippen LogP contribution is 2.27. The summed E-state index contributed by atoms with van der Waals surface area (Å²) in [5.74, 6) is -0.225. The average molecular weight is 349 g/mol. The Morgan fingerprint density at radius 1 is 0.840 bits per heavy atom. The molecule has 2 nitrogen and oxygen atoms in total. The van der Waals surface area contributed by atoms with Crippen LogP contribution in [0.15, 0.2) is 90.5 Å². The van der Waals surface area contributed by atoms with E-state index in [1.54, 1.807) is 42.5 Å². The fourth-order valence-electron chi connectivity index (χ4n) is 2.58. The van der Waals surface area contributed by atoms with Crippen LogP contribution < -0.4 is 0 Å². The topological polar surface area (TPSA) is 37.3 Å². The monoisotopic (exact) mass is 348 g/mol. The molecule has 0 spiro atoms. The SMILES string of the molecule is O=C(/C(=C\c1ccccc1)C(O)c1ccccc1)c1ccc(Cl)cc1. The molecule has 1 atom stereocenters. The van der Waals surface area contributed by atoms with Crippen LogP contribution in [-0.4, -0.2) is 10.9 Å². The van der Waals surface area contributed by atoms with Gasteiger partial charge in [0.15, 0.2) is 5.78 Å². The van der Waals surface area contributed by atoms with Crippen molar-refractivity contribution in [3.05, 3.63) is 112 Å². The summed E-state index contributed by atoms with van der Waals surface area (Å²) in [7, 11) is 0. The molecule has 3 heteroatoms. The minimum Gasteiger partial charge on any atom is -0.384 e. The lowest BCUT2D eigenvalue weighted by Gasteiger charge is -2.15. The van der Waals surface area contributed by atoms with E-state index < -0.39 is 6.10 Å². The number of Topliss-reactive ketones (excluding diaryl/α,β-unsaturated/α-hetero) is 1. The summed E-state index contributed by atoms with van der Waals surface area (Å²) in [4.78, 5) is 13.0. The Kier molecular flexibility index (Phi) is 5.44. The van der Waals surface area contributed by atoms with Gasteiger partial charge in [-0.2, -0.15) is 0 Å². The van der Waals surface area contributed by atoms with Crippen molar-refractivity contribution < 1.29 is 9.90 Å². The zero-order valence-electron chi connectivity index (χ0n) is 13.5. The molecule has 124 valence electrons. The average Bonchev–Trinajstić information content (AvgIpc) is 2.67. The lowest BCUT2D eigenvalue weighted by Crippen LogP contribution is -2.12. The first-order chi connectivity index (χ1) is 12.1. The number of aliphatic hydroxyl groups excluding tert-OH is 1. The summed E-state index contributed by atoms with van der Waals surface area (Å²) in [6.45, 7) is 0. The summed E-state index contributed by atoms with van der Waals surface area (Å²) in [5.41, 5.74) is 2.34. The number of aliphatic hydroxyl groups is 1. The normalized spacial score (nSPS) is 12.6. The number of hydrogen-bond acceptors (Lipinski definition) is 2. The molecule has 0 saturated heterocycles. The molecule has 0 aliphatic heterocycles. The number of halogens is 1. The third-order valence-corrected chi connectivity index (χ3v) is 4.15. The van der Waals surface area contributed by atoms with Gasteiger partial charge in [-0.25, -0.2) is 0 Å². The highest BCUT2D eigenvalue weighted by molar-refractivity contribution is 6.30. The first-order valence-electron chi connectivity index (χ1n) is 7.95. The van der Waals surface area contributed by atoms with Crippen LogP contribution >= 0.6 is 11.6 Å². The molecule has 3 aromatic carbocycles. The van der Waals surface area contributed by atoms with Gasteiger partial charge in [0, 0.05) is 16.2 Å². The third kappa shape index (κ3) is 4.24. The maximum Gasteiger partial charge on any atom is 0.191 e. The van der Waals surface area contributed by atoms with E-state index in [2.05, 4.69) is 0 Å². The molecule has 0 aliphatic carbocycles.